The molecule has 2 rings (SSSR count). The van der Waals surface area contributed by atoms with Gasteiger partial charge in [-0.25, -0.2) is 9.67 Å². The predicted molar refractivity (Wildman–Crippen MR) is 74.2 cm³/mol. The van der Waals surface area contributed by atoms with Crippen LogP contribution in [-0.4, -0.2) is 20.7 Å². The van der Waals surface area contributed by atoms with E-state index in [0.717, 1.165) is 0 Å². The molecule has 0 saturated carbocycles. The number of pyridine rings is 1. The highest BCUT2D eigenvalue weighted by molar-refractivity contribution is 6.30. The standard InChI is InChI=1S/C12H14ClN5O/c1-7(2)18-11(3-4-15-18)17-12(19)8-5-9(13)16-10(14)6-8/h3-7H,1-2H3,(H2,14,16)(H,17,19). The van der Waals surface area contributed by atoms with Crippen LogP contribution in [0.1, 0.15) is 30.2 Å². The Balaban J connectivity index is 2.23. The molecule has 1 amide bonds. The summed E-state index contributed by atoms with van der Waals surface area (Å²) in [7, 11) is 0. The summed E-state index contributed by atoms with van der Waals surface area (Å²) in [5, 5.41) is 7.08. The van der Waals surface area contributed by atoms with Gasteiger partial charge in [0.1, 0.15) is 16.8 Å². The molecule has 0 aliphatic carbocycles. The van der Waals surface area contributed by atoms with Gasteiger partial charge in [-0.3, -0.25) is 4.79 Å². The first-order valence-corrected chi connectivity index (χ1v) is 6.13. The SMILES string of the molecule is CC(C)n1nccc1NC(=O)c1cc(N)nc(Cl)c1. The number of halogens is 1. The van der Waals surface area contributed by atoms with Crippen molar-refractivity contribution in [3.8, 4) is 0 Å². The van der Waals surface area contributed by atoms with E-state index in [1.54, 1.807) is 16.9 Å². The van der Waals surface area contributed by atoms with E-state index in [2.05, 4.69) is 15.4 Å². The Bertz CT molecular complexity index is 588. The van der Waals surface area contributed by atoms with Crippen molar-refractivity contribution >= 4 is 29.1 Å². The molecule has 3 N–H and O–H groups in total. The van der Waals surface area contributed by atoms with Gasteiger partial charge in [-0.1, -0.05) is 11.6 Å². The van der Waals surface area contributed by atoms with Crippen LogP contribution in [-0.2, 0) is 0 Å². The number of aromatic nitrogens is 3. The smallest absolute Gasteiger partial charge is 0.257 e. The van der Waals surface area contributed by atoms with Crippen molar-refractivity contribution in [1.82, 2.24) is 14.8 Å². The molecule has 0 unspecified atom stereocenters. The van der Waals surface area contributed by atoms with Gasteiger partial charge in [0, 0.05) is 17.7 Å². The molecule has 19 heavy (non-hydrogen) atoms. The largest absolute Gasteiger partial charge is 0.384 e. The molecule has 6 nitrogen and oxygen atoms in total. The van der Waals surface area contributed by atoms with Crippen LogP contribution in [0.25, 0.3) is 0 Å². The lowest BCUT2D eigenvalue weighted by atomic mass is 10.2. The number of nitrogens with one attached hydrogen (secondary N) is 1. The number of hydrogen-bond acceptors (Lipinski definition) is 4. The first kappa shape index (κ1) is 13.4. The summed E-state index contributed by atoms with van der Waals surface area (Å²) in [5.41, 5.74) is 5.91. The number of nitrogen functional groups attached to an aromatic ring is 1. The van der Waals surface area contributed by atoms with Gasteiger partial charge in [-0.05, 0) is 26.0 Å². The number of carbonyl (C=O) groups excluding carboxylic acids is 1. The highest BCUT2D eigenvalue weighted by Crippen LogP contribution is 2.16. The van der Waals surface area contributed by atoms with E-state index in [9.17, 15) is 4.79 Å². The molecule has 0 aromatic carbocycles. The first-order chi connectivity index (χ1) is 8.97. The van der Waals surface area contributed by atoms with E-state index in [0.29, 0.717) is 11.4 Å². The summed E-state index contributed by atoms with van der Waals surface area (Å²) in [5.74, 6) is 0.514. The van der Waals surface area contributed by atoms with Crippen LogP contribution in [0.5, 0.6) is 0 Å². The van der Waals surface area contributed by atoms with Crippen molar-refractivity contribution < 1.29 is 4.79 Å². The Labute approximate surface area is 115 Å². The maximum absolute atomic E-state index is 12.1. The Hall–Kier alpha value is -2.08. The van der Waals surface area contributed by atoms with Gasteiger partial charge in [0.15, 0.2) is 0 Å². The van der Waals surface area contributed by atoms with E-state index in [1.165, 1.54) is 12.1 Å². The fraction of sp³-hybridized carbons (Fsp3) is 0.250. The Morgan fingerprint density at radius 2 is 2.21 bits per heavy atom. The van der Waals surface area contributed by atoms with Crippen LogP contribution in [0.4, 0.5) is 11.6 Å². The van der Waals surface area contributed by atoms with E-state index < -0.39 is 0 Å². The van der Waals surface area contributed by atoms with E-state index in [4.69, 9.17) is 17.3 Å². The monoisotopic (exact) mass is 279 g/mol. The zero-order valence-electron chi connectivity index (χ0n) is 10.6. The number of amides is 1. The summed E-state index contributed by atoms with van der Waals surface area (Å²) in [4.78, 5) is 15.9. The fourth-order valence-corrected chi connectivity index (χ4v) is 1.88. The fourth-order valence-electron chi connectivity index (χ4n) is 1.66. The third-order valence-corrected chi connectivity index (χ3v) is 2.67. The van der Waals surface area contributed by atoms with E-state index in [1.807, 2.05) is 13.8 Å². The minimum atomic E-state index is -0.307. The normalized spacial score (nSPS) is 10.7. The van der Waals surface area contributed by atoms with Crippen molar-refractivity contribution in [2.75, 3.05) is 11.1 Å². The van der Waals surface area contributed by atoms with Crippen LogP contribution < -0.4 is 11.1 Å². The van der Waals surface area contributed by atoms with Crippen LogP contribution in [0.3, 0.4) is 0 Å². The van der Waals surface area contributed by atoms with Gasteiger partial charge in [0.2, 0.25) is 0 Å². The topological polar surface area (TPSA) is 85.8 Å². The molecule has 0 aliphatic rings. The van der Waals surface area contributed by atoms with Crippen molar-refractivity contribution in [2.24, 2.45) is 0 Å². The molecular weight excluding hydrogens is 266 g/mol. The minimum absolute atomic E-state index is 0.149. The molecule has 0 spiro atoms. The van der Waals surface area contributed by atoms with Crippen LogP contribution in [0.15, 0.2) is 24.4 Å². The lowest BCUT2D eigenvalue weighted by Gasteiger charge is -2.12. The van der Waals surface area contributed by atoms with E-state index in [-0.39, 0.29) is 22.9 Å². The molecular formula is C12H14ClN5O. The number of rotatable bonds is 3. The van der Waals surface area contributed by atoms with Gasteiger partial charge in [0.25, 0.3) is 5.91 Å². The quantitative estimate of drug-likeness (QED) is 0.845. The third-order valence-electron chi connectivity index (χ3n) is 2.48. The van der Waals surface area contributed by atoms with Crippen LogP contribution in [0.2, 0.25) is 5.15 Å². The average Bonchev–Trinajstić information content (AvgIpc) is 2.75. The van der Waals surface area contributed by atoms with Crippen LogP contribution in [0, 0.1) is 0 Å². The van der Waals surface area contributed by atoms with Gasteiger partial charge >= 0.3 is 0 Å². The molecule has 0 atom stereocenters. The predicted octanol–water partition coefficient (Wildman–Crippen LogP) is 2.35. The van der Waals surface area contributed by atoms with Gasteiger partial charge in [-0.15, -0.1) is 0 Å². The lowest BCUT2D eigenvalue weighted by Crippen LogP contribution is -2.17. The molecule has 2 heterocycles. The second-order valence-corrected chi connectivity index (χ2v) is 4.70. The maximum atomic E-state index is 12.1. The first-order valence-electron chi connectivity index (χ1n) is 5.75. The minimum Gasteiger partial charge on any atom is -0.384 e. The molecule has 7 heteroatoms. The zero-order chi connectivity index (χ0) is 14.0. The molecule has 0 fully saturated rings. The molecule has 0 saturated heterocycles. The molecule has 0 bridgehead atoms. The molecule has 0 aliphatic heterocycles. The number of nitrogens with zero attached hydrogens (tertiary/aromatic N) is 3. The Morgan fingerprint density at radius 1 is 1.47 bits per heavy atom. The number of anilines is 2. The van der Waals surface area contributed by atoms with Crippen molar-refractivity contribution in [2.45, 2.75) is 19.9 Å². The molecule has 2 aromatic rings. The zero-order valence-corrected chi connectivity index (χ0v) is 11.3. The summed E-state index contributed by atoms with van der Waals surface area (Å²) in [6.07, 6.45) is 1.63. The Morgan fingerprint density at radius 3 is 2.84 bits per heavy atom. The summed E-state index contributed by atoms with van der Waals surface area (Å²) >= 11 is 5.77. The van der Waals surface area contributed by atoms with Crippen molar-refractivity contribution in [3.05, 3.63) is 35.1 Å². The van der Waals surface area contributed by atoms with E-state index >= 15 is 0 Å². The summed E-state index contributed by atoms with van der Waals surface area (Å²) in [6, 6.07) is 4.81. The summed E-state index contributed by atoms with van der Waals surface area (Å²) in [6.45, 7) is 3.95. The van der Waals surface area contributed by atoms with Gasteiger partial charge in [-0.2, -0.15) is 5.10 Å². The van der Waals surface area contributed by atoms with Crippen LogP contribution >= 0.6 is 11.6 Å². The second kappa shape index (κ2) is 5.27. The molecule has 100 valence electrons. The number of nitrogens with two attached hydrogens (primary N) is 1. The number of carbonyl (C=O) groups is 1. The summed E-state index contributed by atoms with van der Waals surface area (Å²) < 4.78 is 1.71. The number of hydrogen-bond donors (Lipinski definition) is 2. The molecule has 2 aromatic heterocycles. The van der Waals surface area contributed by atoms with Gasteiger partial charge in [0.05, 0.1) is 6.20 Å². The lowest BCUT2D eigenvalue weighted by molar-refractivity contribution is 0.102. The highest BCUT2D eigenvalue weighted by atomic mass is 35.5. The molecule has 0 radical (unpaired) electrons. The third kappa shape index (κ3) is 3.03. The van der Waals surface area contributed by atoms with Crippen molar-refractivity contribution in [1.29, 1.82) is 0 Å². The Kier molecular flexibility index (Phi) is 3.71. The average molecular weight is 280 g/mol. The second-order valence-electron chi connectivity index (χ2n) is 4.31. The maximum Gasteiger partial charge on any atom is 0.257 e. The van der Waals surface area contributed by atoms with Crippen molar-refractivity contribution in [3.63, 3.8) is 0 Å². The van der Waals surface area contributed by atoms with Gasteiger partial charge < -0.3 is 11.1 Å². The highest BCUT2D eigenvalue weighted by Gasteiger charge is 2.12.